The first kappa shape index (κ1) is 18.6. The number of morpholine rings is 1. The third-order valence-corrected chi connectivity index (χ3v) is 5.56. The number of amides is 1. The topological polar surface area (TPSA) is 72.6 Å². The number of hydrogen-bond donors (Lipinski definition) is 1. The number of nitrogens with two attached hydrogens (primary N) is 1. The summed E-state index contributed by atoms with van der Waals surface area (Å²) >= 11 is 0. The van der Waals surface area contributed by atoms with Crippen molar-refractivity contribution in [2.45, 2.75) is 45.1 Å². The number of rotatable bonds is 2. The van der Waals surface area contributed by atoms with Gasteiger partial charge in [-0.2, -0.15) is 0 Å². The molecule has 2 aliphatic rings. The average Bonchev–Trinajstić information content (AvgIpc) is 2.59. The molecule has 1 heterocycles. The Labute approximate surface area is 155 Å². The van der Waals surface area contributed by atoms with Crippen LogP contribution in [-0.4, -0.2) is 41.9 Å². The molecule has 1 aromatic rings. The maximum Gasteiger partial charge on any atom is 0.232 e. The minimum absolute atomic E-state index is 0.0557. The van der Waals surface area contributed by atoms with Gasteiger partial charge in [-0.1, -0.05) is 44.2 Å². The van der Waals surface area contributed by atoms with Gasteiger partial charge in [0.2, 0.25) is 5.91 Å². The molecule has 1 amide bonds. The van der Waals surface area contributed by atoms with Gasteiger partial charge in [-0.15, -0.1) is 0 Å². The summed E-state index contributed by atoms with van der Waals surface area (Å²) in [6.07, 6.45) is 2.24. The second-order valence-electron chi connectivity index (χ2n) is 8.62. The highest BCUT2D eigenvalue weighted by Crippen LogP contribution is 2.41. The second kappa shape index (κ2) is 6.23. The zero-order valence-corrected chi connectivity index (χ0v) is 16.0. The molecule has 140 valence electrons. The first-order valence-electron chi connectivity index (χ1n) is 9.09. The van der Waals surface area contributed by atoms with Gasteiger partial charge in [0, 0.05) is 12.0 Å². The molecule has 0 bridgehead atoms. The lowest BCUT2D eigenvalue weighted by atomic mass is 9.70. The minimum atomic E-state index is -0.692. The third kappa shape index (κ3) is 3.16. The summed E-state index contributed by atoms with van der Waals surface area (Å²) in [6, 6.07) is 9.80. The summed E-state index contributed by atoms with van der Waals surface area (Å²) in [4.78, 5) is 27.5. The molecule has 1 unspecified atom stereocenters. The second-order valence-corrected chi connectivity index (χ2v) is 8.62. The van der Waals surface area contributed by atoms with Crippen LogP contribution in [0.4, 0.5) is 0 Å². The van der Waals surface area contributed by atoms with Crippen molar-refractivity contribution in [1.29, 1.82) is 0 Å². The fraction of sp³-hybridized carbons (Fsp3) is 0.524. The number of Topliss-reactive ketones (excluding diaryl/α,β-unsaturated/α-hetero) is 1. The van der Waals surface area contributed by atoms with E-state index in [4.69, 9.17) is 10.5 Å². The van der Waals surface area contributed by atoms with Crippen LogP contribution < -0.4 is 5.73 Å². The Balaban J connectivity index is 1.87. The van der Waals surface area contributed by atoms with Gasteiger partial charge in [0.05, 0.1) is 24.3 Å². The molecule has 1 aliphatic heterocycles. The van der Waals surface area contributed by atoms with E-state index in [-0.39, 0.29) is 17.4 Å². The maximum absolute atomic E-state index is 13.3. The van der Waals surface area contributed by atoms with Gasteiger partial charge in [-0.25, -0.2) is 0 Å². The van der Waals surface area contributed by atoms with Crippen molar-refractivity contribution in [3.8, 4) is 0 Å². The molecule has 1 aromatic carbocycles. The van der Waals surface area contributed by atoms with Crippen molar-refractivity contribution in [2.24, 2.45) is 11.1 Å². The predicted molar refractivity (Wildman–Crippen MR) is 100 cm³/mol. The van der Waals surface area contributed by atoms with Gasteiger partial charge >= 0.3 is 0 Å². The van der Waals surface area contributed by atoms with Crippen LogP contribution in [0.1, 0.15) is 39.7 Å². The summed E-state index contributed by atoms with van der Waals surface area (Å²) in [6.45, 7) is 9.06. The molecule has 0 saturated carbocycles. The number of benzene rings is 1. The standard InChI is InChI=1S/C21H28N2O3/c1-19(2)13-21(12-16(22)17(19)24)14-23(10-11-26-21)18(25)20(3,4)15-8-6-5-7-9-15/h5-9,12H,10-11,13-14,22H2,1-4H3. The van der Waals surface area contributed by atoms with Crippen molar-refractivity contribution < 1.29 is 14.3 Å². The number of nitrogens with zero attached hydrogens (tertiary/aromatic N) is 1. The Morgan fingerprint density at radius 2 is 1.88 bits per heavy atom. The van der Waals surface area contributed by atoms with Crippen LogP contribution in [0.15, 0.2) is 42.1 Å². The molecule has 1 aliphatic carbocycles. The molecule has 5 nitrogen and oxygen atoms in total. The van der Waals surface area contributed by atoms with E-state index in [2.05, 4.69) is 0 Å². The monoisotopic (exact) mass is 356 g/mol. The smallest absolute Gasteiger partial charge is 0.232 e. The van der Waals surface area contributed by atoms with E-state index in [1.165, 1.54) is 0 Å². The van der Waals surface area contributed by atoms with E-state index >= 15 is 0 Å². The third-order valence-electron chi connectivity index (χ3n) is 5.56. The highest BCUT2D eigenvalue weighted by Gasteiger charge is 2.49. The molecule has 1 saturated heterocycles. The zero-order chi connectivity index (χ0) is 19.2. The molecular weight excluding hydrogens is 328 g/mol. The quantitative estimate of drug-likeness (QED) is 0.883. The Bertz CT molecular complexity index is 752. The Kier molecular flexibility index (Phi) is 4.47. The summed E-state index contributed by atoms with van der Waals surface area (Å²) in [5.41, 5.74) is 5.29. The first-order valence-corrected chi connectivity index (χ1v) is 9.09. The van der Waals surface area contributed by atoms with Crippen LogP contribution in [0.2, 0.25) is 0 Å². The average molecular weight is 356 g/mol. The lowest BCUT2D eigenvalue weighted by molar-refractivity contribution is -0.155. The van der Waals surface area contributed by atoms with Crippen molar-refractivity contribution in [3.05, 3.63) is 47.7 Å². The number of ketones is 1. The van der Waals surface area contributed by atoms with Crippen molar-refractivity contribution in [1.82, 2.24) is 4.90 Å². The van der Waals surface area contributed by atoms with Crippen molar-refractivity contribution in [2.75, 3.05) is 19.7 Å². The number of ether oxygens (including phenoxy) is 1. The Morgan fingerprint density at radius 1 is 1.23 bits per heavy atom. The van der Waals surface area contributed by atoms with Gasteiger partial charge in [-0.05, 0) is 31.9 Å². The molecular formula is C21H28N2O3. The highest BCUT2D eigenvalue weighted by molar-refractivity contribution is 6.00. The number of carbonyl (C=O) groups is 2. The lowest BCUT2D eigenvalue weighted by Crippen LogP contribution is -2.59. The summed E-state index contributed by atoms with van der Waals surface area (Å²) in [5.74, 6) is 0.00726. The molecule has 26 heavy (non-hydrogen) atoms. The van der Waals surface area contributed by atoms with Crippen LogP contribution in [0.3, 0.4) is 0 Å². The Morgan fingerprint density at radius 3 is 2.50 bits per heavy atom. The van der Waals surface area contributed by atoms with E-state index in [0.29, 0.717) is 26.1 Å². The molecule has 1 fully saturated rings. The number of carbonyl (C=O) groups excluding carboxylic acids is 2. The molecule has 3 rings (SSSR count). The molecule has 2 N–H and O–H groups in total. The van der Waals surface area contributed by atoms with E-state index in [0.717, 1.165) is 5.56 Å². The largest absolute Gasteiger partial charge is 0.396 e. The lowest BCUT2D eigenvalue weighted by Gasteiger charge is -2.48. The SMILES string of the molecule is CC1(C)CC2(C=C(N)C1=O)CN(C(=O)C(C)(C)c1ccccc1)CCO2. The molecule has 5 heteroatoms. The van der Waals surface area contributed by atoms with Crippen molar-refractivity contribution >= 4 is 11.7 Å². The number of allylic oxidation sites excluding steroid dienone is 1. The highest BCUT2D eigenvalue weighted by atomic mass is 16.5. The van der Waals surface area contributed by atoms with E-state index in [9.17, 15) is 9.59 Å². The molecule has 0 radical (unpaired) electrons. The van der Waals surface area contributed by atoms with E-state index < -0.39 is 16.4 Å². The van der Waals surface area contributed by atoms with Gasteiger partial charge in [0.25, 0.3) is 0 Å². The van der Waals surface area contributed by atoms with Gasteiger partial charge in [-0.3, -0.25) is 9.59 Å². The maximum atomic E-state index is 13.3. The summed E-state index contributed by atoms with van der Waals surface area (Å²) < 4.78 is 6.06. The van der Waals surface area contributed by atoms with Crippen LogP contribution in [0.25, 0.3) is 0 Å². The van der Waals surface area contributed by atoms with Crippen LogP contribution in [-0.2, 0) is 19.7 Å². The van der Waals surface area contributed by atoms with E-state index in [1.807, 2.05) is 62.9 Å². The van der Waals surface area contributed by atoms with Crippen LogP contribution in [0.5, 0.6) is 0 Å². The van der Waals surface area contributed by atoms with Crippen LogP contribution in [0, 0.1) is 5.41 Å². The van der Waals surface area contributed by atoms with E-state index in [1.54, 1.807) is 6.08 Å². The Hall–Kier alpha value is -2.14. The minimum Gasteiger partial charge on any atom is -0.396 e. The van der Waals surface area contributed by atoms with Gasteiger partial charge in [0.15, 0.2) is 5.78 Å². The van der Waals surface area contributed by atoms with Gasteiger partial charge < -0.3 is 15.4 Å². The molecule has 1 spiro atoms. The summed E-state index contributed by atoms with van der Waals surface area (Å²) in [5, 5.41) is 0. The number of hydrogen-bond acceptors (Lipinski definition) is 4. The fourth-order valence-electron chi connectivity index (χ4n) is 4.17. The molecule has 0 aromatic heterocycles. The normalized spacial score (nSPS) is 25.9. The predicted octanol–water partition coefficient (Wildman–Crippen LogP) is 2.40. The van der Waals surface area contributed by atoms with Gasteiger partial charge in [0.1, 0.15) is 5.60 Å². The van der Waals surface area contributed by atoms with Crippen LogP contribution >= 0.6 is 0 Å². The zero-order valence-electron chi connectivity index (χ0n) is 16.0. The fourth-order valence-corrected chi connectivity index (χ4v) is 4.17. The van der Waals surface area contributed by atoms with Crippen molar-refractivity contribution in [3.63, 3.8) is 0 Å². The summed E-state index contributed by atoms with van der Waals surface area (Å²) in [7, 11) is 0. The molecule has 1 atom stereocenters. The first-order chi connectivity index (χ1) is 12.1.